The standard InChI is InChI=1S/C12H16ClF2NO2S/c1-3-12(2,8-13)16-9-4-6-10(7-5-9)19(17,18)11(14)15/h4-7,11,16H,3,8H2,1-2H3. The molecule has 0 bridgehead atoms. The van der Waals surface area contributed by atoms with Gasteiger partial charge in [-0.25, -0.2) is 8.42 Å². The first-order chi connectivity index (χ1) is 8.75. The van der Waals surface area contributed by atoms with Gasteiger partial charge in [0.1, 0.15) is 0 Å². The zero-order valence-corrected chi connectivity index (χ0v) is 12.2. The van der Waals surface area contributed by atoms with Crippen LogP contribution in [0.2, 0.25) is 0 Å². The van der Waals surface area contributed by atoms with E-state index in [0.717, 1.165) is 18.6 Å². The summed E-state index contributed by atoms with van der Waals surface area (Å²) in [7, 11) is -4.54. The molecule has 1 N–H and O–H groups in total. The molecule has 0 radical (unpaired) electrons. The molecule has 108 valence electrons. The maximum atomic E-state index is 12.4. The Kier molecular flexibility index (Phi) is 5.15. The van der Waals surface area contributed by atoms with Gasteiger partial charge in [-0.15, -0.1) is 11.6 Å². The number of rotatable bonds is 6. The van der Waals surface area contributed by atoms with Gasteiger partial charge in [0.05, 0.1) is 4.90 Å². The van der Waals surface area contributed by atoms with Crippen molar-refractivity contribution in [3.8, 4) is 0 Å². The second-order valence-corrected chi connectivity index (χ2v) is 6.69. The van der Waals surface area contributed by atoms with Crippen molar-refractivity contribution in [1.82, 2.24) is 0 Å². The third-order valence-electron chi connectivity index (χ3n) is 2.94. The normalized spacial score (nSPS) is 15.3. The number of nitrogens with one attached hydrogen (secondary N) is 1. The first kappa shape index (κ1) is 16.2. The van der Waals surface area contributed by atoms with Crippen molar-refractivity contribution in [2.75, 3.05) is 11.2 Å². The Morgan fingerprint density at radius 2 is 1.84 bits per heavy atom. The minimum atomic E-state index is -4.54. The van der Waals surface area contributed by atoms with Crippen LogP contribution in [0, 0.1) is 0 Å². The van der Waals surface area contributed by atoms with Crippen LogP contribution >= 0.6 is 11.6 Å². The number of sulfone groups is 1. The van der Waals surface area contributed by atoms with Gasteiger partial charge in [-0.3, -0.25) is 0 Å². The van der Waals surface area contributed by atoms with E-state index >= 15 is 0 Å². The molecule has 19 heavy (non-hydrogen) atoms. The smallest absolute Gasteiger partial charge is 0.341 e. The van der Waals surface area contributed by atoms with E-state index in [1.54, 1.807) is 0 Å². The van der Waals surface area contributed by atoms with E-state index < -0.39 is 20.5 Å². The molecular weight excluding hydrogens is 296 g/mol. The minimum absolute atomic E-state index is 0.329. The lowest BCUT2D eigenvalue weighted by atomic mass is 10.0. The molecular formula is C12H16ClF2NO2S. The topological polar surface area (TPSA) is 46.2 Å². The molecule has 1 aromatic rings. The summed E-state index contributed by atoms with van der Waals surface area (Å²) in [6, 6.07) is 5.23. The first-order valence-electron chi connectivity index (χ1n) is 5.71. The molecule has 0 spiro atoms. The highest BCUT2D eigenvalue weighted by Crippen LogP contribution is 2.23. The Morgan fingerprint density at radius 1 is 1.32 bits per heavy atom. The fraction of sp³-hybridized carbons (Fsp3) is 0.500. The van der Waals surface area contributed by atoms with Gasteiger partial charge in [0.2, 0.25) is 9.84 Å². The molecule has 0 aliphatic carbocycles. The predicted molar refractivity (Wildman–Crippen MR) is 72.7 cm³/mol. The number of anilines is 1. The van der Waals surface area contributed by atoms with Crippen LogP contribution in [0.3, 0.4) is 0 Å². The van der Waals surface area contributed by atoms with E-state index in [9.17, 15) is 17.2 Å². The van der Waals surface area contributed by atoms with Gasteiger partial charge >= 0.3 is 5.76 Å². The average molecular weight is 312 g/mol. The molecule has 0 saturated carbocycles. The Hall–Kier alpha value is -0.880. The fourth-order valence-corrected chi connectivity index (χ4v) is 2.37. The number of halogens is 3. The average Bonchev–Trinajstić information content (AvgIpc) is 2.39. The van der Waals surface area contributed by atoms with Gasteiger partial charge in [0, 0.05) is 17.1 Å². The zero-order chi connectivity index (χ0) is 14.7. The Morgan fingerprint density at radius 3 is 2.21 bits per heavy atom. The van der Waals surface area contributed by atoms with E-state index in [0.29, 0.717) is 11.6 Å². The highest BCUT2D eigenvalue weighted by Gasteiger charge is 2.26. The van der Waals surface area contributed by atoms with Crippen molar-refractivity contribution in [3.63, 3.8) is 0 Å². The molecule has 0 fully saturated rings. The van der Waals surface area contributed by atoms with Gasteiger partial charge in [-0.05, 0) is 37.6 Å². The SMILES string of the molecule is CCC(C)(CCl)Nc1ccc(S(=O)(=O)C(F)F)cc1. The van der Waals surface area contributed by atoms with Gasteiger partial charge < -0.3 is 5.32 Å². The van der Waals surface area contributed by atoms with Crippen LogP contribution < -0.4 is 5.32 Å². The predicted octanol–water partition coefficient (Wildman–Crippen LogP) is 3.50. The Bertz CT molecular complexity index is 513. The second kappa shape index (κ2) is 6.05. The molecule has 0 amide bonds. The summed E-state index contributed by atoms with van der Waals surface area (Å²) < 4.78 is 47.2. The van der Waals surface area contributed by atoms with Crippen molar-refractivity contribution < 1.29 is 17.2 Å². The minimum Gasteiger partial charge on any atom is -0.379 e. The van der Waals surface area contributed by atoms with E-state index in [2.05, 4.69) is 5.32 Å². The van der Waals surface area contributed by atoms with Gasteiger partial charge in [0.15, 0.2) is 0 Å². The van der Waals surface area contributed by atoms with Crippen LogP contribution in [0.15, 0.2) is 29.2 Å². The molecule has 0 saturated heterocycles. The number of benzene rings is 1. The molecule has 0 aliphatic rings. The molecule has 7 heteroatoms. The quantitative estimate of drug-likeness (QED) is 0.818. The summed E-state index contributed by atoms with van der Waals surface area (Å²) in [6.07, 6.45) is 0.771. The Balaban J connectivity index is 2.95. The van der Waals surface area contributed by atoms with Crippen LogP contribution in [-0.4, -0.2) is 25.6 Å². The number of alkyl halides is 3. The van der Waals surface area contributed by atoms with Crippen LogP contribution in [0.5, 0.6) is 0 Å². The molecule has 1 rings (SSSR count). The van der Waals surface area contributed by atoms with Crippen LogP contribution in [0.25, 0.3) is 0 Å². The van der Waals surface area contributed by atoms with Crippen molar-refractivity contribution in [3.05, 3.63) is 24.3 Å². The van der Waals surface area contributed by atoms with Crippen molar-refractivity contribution >= 4 is 27.1 Å². The Labute approximate surface area is 116 Å². The zero-order valence-electron chi connectivity index (χ0n) is 10.7. The molecule has 1 aromatic carbocycles. The number of hydrogen-bond donors (Lipinski definition) is 1. The second-order valence-electron chi connectivity index (χ2n) is 4.50. The summed E-state index contributed by atoms with van der Waals surface area (Å²) in [5, 5.41) is 3.15. The highest BCUT2D eigenvalue weighted by atomic mass is 35.5. The molecule has 1 unspecified atom stereocenters. The molecule has 0 aromatic heterocycles. The van der Waals surface area contributed by atoms with E-state index in [1.165, 1.54) is 12.1 Å². The highest BCUT2D eigenvalue weighted by molar-refractivity contribution is 7.91. The van der Waals surface area contributed by atoms with E-state index in [1.807, 2.05) is 13.8 Å². The maximum Gasteiger partial charge on any atom is 0.341 e. The molecule has 0 heterocycles. The summed E-state index contributed by atoms with van der Waals surface area (Å²) >= 11 is 5.85. The third-order valence-corrected chi connectivity index (χ3v) is 4.93. The lowest BCUT2D eigenvalue weighted by molar-refractivity contribution is 0.234. The third kappa shape index (κ3) is 3.79. The molecule has 0 aliphatic heterocycles. The van der Waals surface area contributed by atoms with Gasteiger partial charge in [-0.1, -0.05) is 6.92 Å². The lowest BCUT2D eigenvalue weighted by Crippen LogP contribution is -2.35. The molecule has 3 nitrogen and oxygen atoms in total. The van der Waals surface area contributed by atoms with E-state index in [-0.39, 0.29) is 5.54 Å². The van der Waals surface area contributed by atoms with E-state index in [4.69, 9.17) is 11.6 Å². The number of hydrogen-bond acceptors (Lipinski definition) is 3. The van der Waals surface area contributed by atoms with Crippen molar-refractivity contribution in [1.29, 1.82) is 0 Å². The maximum absolute atomic E-state index is 12.4. The van der Waals surface area contributed by atoms with Crippen LogP contribution in [-0.2, 0) is 9.84 Å². The monoisotopic (exact) mass is 311 g/mol. The lowest BCUT2D eigenvalue weighted by Gasteiger charge is -2.28. The van der Waals surface area contributed by atoms with Gasteiger partial charge in [-0.2, -0.15) is 8.78 Å². The molecule has 1 atom stereocenters. The first-order valence-corrected chi connectivity index (χ1v) is 7.79. The van der Waals surface area contributed by atoms with Crippen molar-refractivity contribution in [2.24, 2.45) is 0 Å². The van der Waals surface area contributed by atoms with Crippen LogP contribution in [0.1, 0.15) is 20.3 Å². The summed E-state index contributed by atoms with van der Waals surface area (Å²) in [5.41, 5.74) is 0.309. The summed E-state index contributed by atoms with van der Waals surface area (Å²) in [5.74, 6) is -3.03. The van der Waals surface area contributed by atoms with Gasteiger partial charge in [0.25, 0.3) is 0 Å². The largest absolute Gasteiger partial charge is 0.379 e. The summed E-state index contributed by atoms with van der Waals surface area (Å²) in [6.45, 7) is 3.88. The van der Waals surface area contributed by atoms with Crippen LogP contribution in [0.4, 0.5) is 14.5 Å². The van der Waals surface area contributed by atoms with Crippen molar-refractivity contribution in [2.45, 2.75) is 36.5 Å². The summed E-state index contributed by atoms with van der Waals surface area (Å²) in [4.78, 5) is -0.392. The fourth-order valence-electron chi connectivity index (χ4n) is 1.40.